The maximum atomic E-state index is 13.9. The molecule has 0 aromatic heterocycles. The highest BCUT2D eigenvalue weighted by molar-refractivity contribution is 9.10. The Labute approximate surface area is 127 Å². The summed E-state index contributed by atoms with van der Waals surface area (Å²) < 4.78 is 33.1. The quantitative estimate of drug-likeness (QED) is 0.746. The minimum Gasteiger partial charge on any atom is -0.497 e. The number of rotatable bonds is 3. The van der Waals surface area contributed by atoms with Crippen molar-refractivity contribution in [2.75, 3.05) is 7.11 Å². The molecule has 0 saturated carbocycles. The lowest BCUT2D eigenvalue weighted by molar-refractivity contribution is 0.103. The van der Waals surface area contributed by atoms with Crippen LogP contribution in [0.15, 0.2) is 34.8 Å². The lowest BCUT2D eigenvalue weighted by atomic mass is 10.0. The molecule has 0 aliphatic carbocycles. The van der Waals surface area contributed by atoms with E-state index in [1.165, 1.54) is 19.2 Å². The van der Waals surface area contributed by atoms with Crippen LogP contribution in [0.2, 0.25) is 5.02 Å². The Kier molecular flexibility index (Phi) is 4.40. The van der Waals surface area contributed by atoms with E-state index in [2.05, 4.69) is 15.9 Å². The third-order valence-electron chi connectivity index (χ3n) is 2.65. The van der Waals surface area contributed by atoms with Crippen molar-refractivity contribution in [2.45, 2.75) is 0 Å². The number of hydrogen-bond donors (Lipinski definition) is 0. The van der Waals surface area contributed by atoms with E-state index in [-0.39, 0.29) is 16.3 Å². The van der Waals surface area contributed by atoms with Gasteiger partial charge < -0.3 is 4.74 Å². The fourth-order valence-electron chi connectivity index (χ4n) is 1.69. The first-order valence-electron chi connectivity index (χ1n) is 5.47. The maximum absolute atomic E-state index is 13.9. The van der Waals surface area contributed by atoms with Gasteiger partial charge in [0.05, 0.1) is 17.7 Å². The first kappa shape index (κ1) is 14.9. The van der Waals surface area contributed by atoms with Gasteiger partial charge in [0.25, 0.3) is 0 Å². The van der Waals surface area contributed by atoms with Crippen LogP contribution in [0.3, 0.4) is 0 Å². The molecule has 0 atom stereocenters. The van der Waals surface area contributed by atoms with Crippen LogP contribution in [0.25, 0.3) is 0 Å². The second kappa shape index (κ2) is 5.89. The molecule has 0 heterocycles. The lowest BCUT2D eigenvalue weighted by Crippen LogP contribution is -2.08. The SMILES string of the molecule is COc1cc(F)c(C(=O)c2ccc(Br)cc2Cl)c(F)c1. The number of ether oxygens (including phenoxy) is 1. The van der Waals surface area contributed by atoms with Crippen molar-refractivity contribution >= 4 is 33.3 Å². The summed E-state index contributed by atoms with van der Waals surface area (Å²) in [7, 11) is 1.28. The van der Waals surface area contributed by atoms with Crippen molar-refractivity contribution in [1.82, 2.24) is 0 Å². The van der Waals surface area contributed by atoms with Crippen LogP contribution in [-0.2, 0) is 0 Å². The van der Waals surface area contributed by atoms with Crippen LogP contribution in [0.5, 0.6) is 5.75 Å². The molecule has 0 bridgehead atoms. The maximum Gasteiger partial charge on any atom is 0.200 e. The second-order valence-corrected chi connectivity index (χ2v) is 5.24. The second-order valence-electron chi connectivity index (χ2n) is 3.92. The standard InChI is InChI=1S/C14H8BrClF2O2/c1-20-8-5-11(17)13(12(18)6-8)14(19)9-3-2-7(15)4-10(9)16/h2-6H,1H3. The van der Waals surface area contributed by atoms with E-state index in [9.17, 15) is 13.6 Å². The fraction of sp³-hybridized carbons (Fsp3) is 0.0714. The topological polar surface area (TPSA) is 26.3 Å². The molecule has 0 aliphatic rings. The van der Waals surface area contributed by atoms with Gasteiger partial charge in [0.1, 0.15) is 17.4 Å². The molecule has 2 nitrogen and oxygen atoms in total. The molecular formula is C14H8BrClF2O2. The van der Waals surface area contributed by atoms with Gasteiger partial charge in [-0.15, -0.1) is 0 Å². The van der Waals surface area contributed by atoms with Crippen LogP contribution >= 0.6 is 27.5 Å². The van der Waals surface area contributed by atoms with Crippen LogP contribution in [-0.4, -0.2) is 12.9 Å². The number of benzene rings is 2. The van der Waals surface area contributed by atoms with Crippen LogP contribution in [0, 0.1) is 11.6 Å². The van der Waals surface area contributed by atoms with E-state index < -0.39 is 23.0 Å². The van der Waals surface area contributed by atoms with Gasteiger partial charge >= 0.3 is 0 Å². The molecule has 0 unspecified atom stereocenters. The molecule has 6 heteroatoms. The molecule has 20 heavy (non-hydrogen) atoms. The summed E-state index contributed by atoms with van der Waals surface area (Å²) in [4.78, 5) is 12.2. The van der Waals surface area contributed by atoms with E-state index in [4.69, 9.17) is 16.3 Å². The minimum absolute atomic E-state index is 0.00143. The molecule has 2 aromatic carbocycles. The van der Waals surface area contributed by atoms with Gasteiger partial charge in [-0.3, -0.25) is 4.79 Å². The Bertz CT molecular complexity index is 666. The zero-order valence-corrected chi connectivity index (χ0v) is 12.6. The normalized spacial score (nSPS) is 10.4. The Hall–Kier alpha value is -1.46. The average molecular weight is 362 g/mol. The minimum atomic E-state index is -0.995. The van der Waals surface area contributed by atoms with E-state index in [0.717, 1.165) is 12.1 Å². The molecule has 0 radical (unpaired) electrons. The molecule has 2 rings (SSSR count). The molecule has 0 amide bonds. The van der Waals surface area contributed by atoms with E-state index >= 15 is 0 Å². The number of methoxy groups -OCH3 is 1. The van der Waals surface area contributed by atoms with E-state index in [1.54, 1.807) is 6.07 Å². The van der Waals surface area contributed by atoms with Gasteiger partial charge in [-0.25, -0.2) is 8.78 Å². The van der Waals surface area contributed by atoms with Gasteiger partial charge in [-0.2, -0.15) is 0 Å². The molecule has 0 N–H and O–H groups in total. The van der Waals surface area contributed by atoms with E-state index in [0.29, 0.717) is 4.47 Å². The molecular weight excluding hydrogens is 354 g/mol. The van der Waals surface area contributed by atoms with Crippen molar-refractivity contribution in [1.29, 1.82) is 0 Å². The first-order chi connectivity index (χ1) is 9.43. The van der Waals surface area contributed by atoms with Crippen molar-refractivity contribution in [3.05, 3.63) is 62.6 Å². The zero-order valence-electron chi connectivity index (χ0n) is 10.2. The largest absolute Gasteiger partial charge is 0.497 e. The fourth-order valence-corrected chi connectivity index (χ4v) is 2.45. The predicted octanol–water partition coefficient (Wildman–Crippen LogP) is 4.62. The number of hydrogen-bond acceptors (Lipinski definition) is 2. The monoisotopic (exact) mass is 360 g/mol. The molecule has 0 fully saturated rings. The summed E-state index contributed by atoms with van der Waals surface area (Å²) in [6.07, 6.45) is 0. The average Bonchev–Trinajstić information content (AvgIpc) is 2.37. The Morgan fingerprint density at radius 3 is 2.30 bits per heavy atom. The Morgan fingerprint density at radius 2 is 1.80 bits per heavy atom. The Morgan fingerprint density at radius 1 is 1.20 bits per heavy atom. The number of halogens is 4. The number of carbonyl (C=O) groups is 1. The third kappa shape index (κ3) is 2.83. The van der Waals surface area contributed by atoms with Crippen LogP contribution < -0.4 is 4.74 Å². The molecule has 104 valence electrons. The highest BCUT2D eigenvalue weighted by atomic mass is 79.9. The molecule has 0 saturated heterocycles. The van der Waals surface area contributed by atoms with Gasteiger partial charge in [-0.05, 0) is 18.2 Å². The number of carbonyl (C=O) groups excluding carboxylic acids is 1. The summed E-state index contributed by atoms with van der Waals surface area (Å²) in [6, 6.07) is 6.34. The van der Waals surface area contributed by atoms with Crippen molar-refractivity contribution in [3.63, 3.8) is 0 Å². The Balaban J connectivity index is 2.54. The highest BCUT2D eigenvalue weighted by Crippen LogP contribution is 2.27. The van der Waals surface area contributed by atoms with Crippen LogP contribution in [0.4, 0.5) is 8.78 Å². The summed E-state index contributed by atoms with van der Waals surface area (Å²) >= 11 is 9.11. The smallest absolute Gasteiger partial charge is 0.200 e. The molecule has 2 aromatic rings. The third-order valence-corrected chi connectivity index (χ3v) is 3.46. The summed E-state index contributed by atoms with van der Waals surface area (Å²) in [6.45, 7) is 0. The first-order valence-corrected chi connectivity index (χ1v) is 6.64. The predicted molar refractivity (Wildman–Crippen MR) is 75.5 cm³/mol. The van der Waals surface area contributed by atoms with E-state index in [1.807, 2.05) is 0 Å². The summed E-state index contributed by atoms with van der Waals surface area (Å²) in [5, 5.41) is 0.110. The molecule has 0 aliphatic heterocycles. The highest BCUT2D eigenvalue weighted by Gasteiger charge is 2.22. The van der Waals surface area contributed by atoms with Gasteiger partial charge in [-0.1, -0.05) is 27.5 Å². The lowest BCUT2D eigenvalue weighted by Gasteiger charge is -2.08. The van der Waals surface area contributed by atoms with Crippen molar-refractivity contribution < 1.29 is 18.3 Å². The van der Waals surface area contributed by atoms with Gasteiger partial charge in [0.2, 0.25) is 0 Å². The molecule has 0 spiro atoms. The summed E-state index contributed by atoms with van der Waals surface area (Å²) in [5.41, 5.74) is -0.632. The van der Waals surface area contributed by atoms with Crippen molar-refractivity contribution in [3.8, 4) is 5.75 Å². The van der Waals surface area contributed by atoms with Gasteiger partial charge in [0, 0.05) is 22.2 Å². The van der Waals surface area contributed by atoms with Gasteiger partial charge in [0.15, 0.2) is 5.78 Å². The summed E-state index contributed by atoms with van der Waals surface area (Å²) in [5.74, 6) is -2.81. The number of ketones is 1. The van der Waals surface area contributed by atoms with Crippen molar-refractivity contribution in [2.24, 2.45) is 0 Å². The zero-order chi connectivity index (χ0) is 14.9. The van der Waals surface area contributed by atoms with Crippen LogP contribution in [0.1, 0.15) is 15.9 Å².